The van der Waals surface area contributed by atoms with Crippen molar-refractivity contribution >= 4 is 23.6 Å². The van der Waals surface area contributed by atoms with Gasteiger partial charge in [0.05, 0.1) is 23.2 Å². The van der Waals surface area contributed by atoms with E-state index < -0.39 is 29.4 Å². The zero-order valence-corrected chi connectivity index (χ0v) is 13.8. The third-order valence-corrected chi connectivity index (χ3v) is 3.42. The van der Waals surface area contributed by atoms with Crippen LogP contribution in [0, 0.1) is 0 Å². The number of nitrogens with two attached hydrogens (primary N) is 1. The topological polar surface area (TPSA) is 131 Å². The first-order valence-electron chi connectivity index (χ1n) is 7.24. The van der Waals surface area contributed by atoms with Gasteiger partial charge in [0.25, 0.3) is 0 Å². The number of hydrogen-bond donors (Lipinski definition) is 3. The molecule has 0 aromatic heterocycles. The highest BCUT2D eigenvalue weighted by atomic mass is 16.6. The van der Waals surface area contributed by atoms with Crippen LogP contribution in [0.25, 0.3) is 0 Å². The predicted octanol–water partition coefficient (Wildman–Crippen LogP) is 0.832. The second kappa shape index (κ2) is 8.21. The maximum atomic E-state index is 11.9. The molecular weight excluding hydrogens is 314 g/mol. The molecule has 0 fully saturated rings. The van der Waals surface area contributed by atoms with Crippen molar-refractivity contribution in [3.05, 3.63) is 35.9 Å². The molecule has 8 nitrogen and oxygen atoms in total. The van der Waals surface area contributed by atoms with Crippen LogP contribution in [0.4, 0.5) is 0 Å². The molecule has 4 N–H and O–H groups in total. The molecule has 1 aromatic carbocycles. The number of hydrogen-bond acceptors (Lipinski definition) is 7. The number of ether oxygens (including phenoxy) is 1. The Morgan fingerprint density at radius 1 is 1.29 bits per heavy atom. The van der Waals surface area contributed by atoms with Gasteiger partial charge in [-0.25, -0.2) is 9.59 Å². The quantitative estimate of drug-likeness (QED) is 0.232. The summed E-state index contributed by atoms with van der Waals surface area (Å²) in [5.41, 5.74) is 5.19. The second-order valence-corrected chi connectivity index (χ2v) is 5.74. The third-order valence-electron chi connectivity index (χ3n) is 3.42. The van der Waals surface area contributed by atoms with Crippen LogP contribution in [-0.2, 0) is 14.3 Å². The smallest absolute Gasteiger partial charge is 0.345 e. The summed E-state index contributed by atoms with van der Waals surface area (Å²) in [4.78, 5) is 35.5. The van der Waals surface area contributed by atoms with Crippen LogP contribution in [0.2, 0.25) is 0 Å². The van der Waals surface area contributed by atoms with Crippen LogP contribution in [0.15, 0.2) is 35.5 Å². The van der Waals surface area contributed by atoms with E-state index in [4.69, 9.17) is 10.9 Å². The Kier molecular flexibility index (Phi) is 6.60. The van der Waals surface area contributed by atoms with Crippen molar-refractivity contribution in [1.29, 1.82) is 0 Å². The lowest BCUT2D eigenvalue weighted by Gasteiger charge is -2.25. The van der Waals surface area contributed by atoms with Gasteiger partial charge in [-0.1, -0.05) is 23.4 Å². The van der Waals surface area contributed by atoms with E-state index in [1.54, 1.807) is 32.0 Å². The summed E-state index contributed by atoms with van der Waals surface area (Å²) >= 11 is 0. The highest BCUT2D eigenvalue weighted by Crippen LogP contribution is 2.07. The number of carbonyl (C=O) groups excluding carboxylic acids is 3. The minimum atomic E-state index is -1.29. The Morgan fingerprint density at radius 3 is 2.42 bits per heavy atom. The number of oxime groups is 1. The summed E-state index contributed by atoms with van der Waals surface area (Å²) in [5, 5.41) is 14.4. The molecule has 130 valence electrons. The fourth-order valence-electron chi connectivity index (χ4n) is 1.70. The standard InChI is InChI=1S/C16H21N3O5/c1-10(19-23)16(2,3)18-13(20)9-12(17)15(22)24-14(21)11-7-5-4-6-8-11/h4-8,12,23H,9,17H2,1-3H3,(H,18,20). The summed E-state index contributed by atoms with van der Waals surface area (Å²) in [7, 11) is 0. The molecule has 0 saturated heterocycles. The van der Waals surface area contributed by atoms with Gasteiger partial charge in [0, 0.05) is 0 Å². The minimum absolute atomic E-state index is 0.207. The van der Waals surface area contributed by atoms with Crippen molar-refractivity contribution in [1.82, 2.24) is 5.32 Å². The van der Waals surface area contributed by atoms with Gasteiger partial charge in [0.1, 0.15) is 6.04 Å². The van der Waals surface area contributed by atoms with Crippen LogP contribution in [0.1, 0.15) is 37.6 Å². The maximum Gasteiger partial charge on any atom is 0.345 e. The van der Waals surface area contributed by atoms with Crippen LogP contribution < -0.4 is 11.1 Å². The maximum absolute atomic E-state index is 11.9. The number of benzene rings is 1. The Bertz CT molecular complexity index is 640. The molecule has 24 heavy (non-hydrogen) atoms. The first-order chi connectivity index (χ1) is 11.2. The lowest BCUT2D eigenvalue weighted by molar-refractivity contribution is -0.141. The van der Waals surface area contributed by atoms with E-state index in [-0.39, 0.29) is 17.7 Å². The van der Waals surface area contributed by atoms with Crippen LogP contribution in [0.3, 0.4) is 0 Å². The average molecular weight is 335 g/mol. The van der Waals surface area contributed by atoms with E-state index in [0.717, 1.165) is 0 Å². The molecule has 0 spiro atoms. The summed E-state index contributed by atoms with van der Waals surface area (Å²) in [6.45, 7) is 4.79. The van der Waals surface area contributed by atoms with Gasteiger partial charge < -0.3 is 21.0 Å². The first kappa shape index (κ1) is 19.3. The highest BCUT2D eigenvalue weighted by Gasteiger charge is 2.28. The van der Waals surface area contributed by atoms with E-state index in [0.29, 0.717) is 0 Å². The minimum Gasteiger partial charge on any atom is -0.411 e. The summed E-state index contributed by atoms with van der Waals surface area (Å²) in [6, 6.07) is 6.66. The number of esters is 2. The molecular formula is C16H21N3O5. The lowest BCUT2D eigenvalue weighted by atomic mass is 9.99. The molecule has 0 aliphatic rings. The van der Waals surface area contributed by atoms with Gasteiger partial charge >= 0.3 is 11.9 Å². The average Bonchev–Trinajstić information content (AvgIpc) is 2.53. The van der Waals surface area contributed by atoms with E-state index in [1.807, 2.05) is 0 Å². The van der Waals surface area contributed by atoms with Crippen LogP contribution in [0.5, 0.6) is 0 Å². The molecule has 0 heterocycles. The lowest BCUT2D eigenvalue weighted by Crippen LogP contribution is -2.50. The third kappa shape index (κ3) is 5.47. The molecule has 1 unspecified atom stereocenters. The van der Waals surface area contributed by atoms with Crippen molar-refractivity contribution in [3.8, 4) is 0 Å². The van der Waals surface area contributed by atoms with E-state index >= 15 is 0 Å². The molecule has 0 aliphatic carbocycles. The summed E-state index contributed by atoms with van der Waals surface area (Å²) in [6.07, 6.45) is -0.372. The Labute approximate surface area is 139 Å². The SMILES string of the molecule is CC(=NO)C(C)(C)NC(=O)CC(N)C(=O)OC(=O)c1ccccc1. The summed E-state index contributed by atoms with van der Waals surface area (Å²) < 4.78 is 4.65. The fourth-order valence-corrected chi connectivity index (χ4v) is 1.70. The first-order valence-corrected chi connectivity index (χ1v) is 7.24. The van der Waals surface area contributed by atoms with Crippen molar-refractivity contribution in [2.45, 2.75) is 38.8 Å². The number of carbonyl (C=O) groups is 3. The van der Waals surface area contributed by atoms with Gasteiger partial charge in [0.2, 0.25) is 5.91 Å². The number of nitrogens with zero attached hydrogens (tertiary/aromatic N) is 1. The molecule has 1 amide bonds. The van der Waals surface area contributed by atoms with Gasteiger partial charge in [0.15, 0.2) is 0 Å². The molecule has 0 saturated carbocycles. The predicted molar refractivity (Wildman–Crippen MR) is 86.6 cm³/mol. The van der Waals surface area contributed by atoms with E-state index in [1.165, 1.54) is 19.1 Å². The van der Waals surface area contributed by atoms with Crippen molar-refractivity contribution in [2.24, 2.45) is 10.9 Å². The second-order valence-electron chi connectivity index (χ2n) is 5.74. The fraction of sp³-hybridized carbons (Fsp3) is 0.375. The zero-order valence-electron chi connectivity index (χ0n) is 13.8. The highest BCUT2D eigenvalue weighted by molar-refractivity contribution is 5.99. The molecule has 1 rings (SSSR count). The molecule has 1 atom stereocenters. The van der Waals surface area contributed by atoms with Gasteiger partial charge in [-0.2, -0.15) is 0 Å². The van der Waals surface area contributed by atoms with Crippen molar-refractivity contribution in [3.63, 3.8) is 0 Å². The Morgan fingerprint density at radius 2 is 1.88 bits per heavy atom. The van der Waals surface area contributed by atoms with E-state index in [9.17, 15) is 14.4 Å². The molecule has 1 aromatic rings. The zero-order chi connectivity index (χ0) is 18.3. The monoisotopic (exact) mass is 335 g/mol. The van der Waals surface area contributed by atoms with Crippen molar-refractivity contribution < 1.29 is 24.3 Å². The Balaban J connectivity index is 2.58. The molecule has 0 radical (unpaired) electrons. The normalized spacial score (nSPS) is 13.1. The van der Waals surface area contributed by atoms with Gasteiger partial charge in [-0.15, -0.1) is 0 Å². The van der Waals surface area contributed by atoms with Gasteiger partial charge in [-0.05, 0) is 32.9 Å². The van der Waals surface area contributed by atoms with Crippen LogP contribution in [-0.4, -0.2) is 40.3 Å². The number of rotatable bonds is 6. The van der Waals surface area contributed by atoms with E-state index in [2.05, 4.69) is 15.2 Å². The Hall–Kier alpha value is -2.74. The molecule has 0 bridgehead atoms. The summed E-state index contributed by atoms with van der Waals surface area (Å²) in [5.74, 6) is -2.37. The number of amides is 1. The largest absolute Gasteiger partial charge is 0.411 e. The molecule has 8 heteroatoms. The number of nitrogens with one attached hydrogen (secondary N) is 1. The van der Waals surface area contributed by atoms with Gasteiger partial charge in [-0.3, -0.25) is 4.79 Å². The van der Waals surface area contributed by atoms with Crippen molar-refractivity contribution in [2.75, 3.05) is 0 Å². The molecule has 0 aliphatic heterocycles. The van der Waals surface area contributed by atoms with Crippen LogP contribution >= 0.6 is 0 Å².